The van der Waals surface area contributed by atoms with Crippen LogP contribution in [0.15, 0.2) is 18.2 Å². The van der Waals surface area contributed by atoms with Crippen molar-refractivity contribution < 1.29 is 9.53 Å². The summed E-state index contributed by atoms with van der Waals surface area (Å²) in [6.45, 7) is 2.07. The van der Waals surface area contributed by atoms with Crippen molar-refractivity contribution in [3.8, 4) is 0 Å². The van der Waals surface area contributed by atoms with Gasteiger partial charge in [-0.3, -0.25) is 4.79 Å². The second-order valence-electron chi connectivity index (χ2n) is 5.19. The monoisotopic (exact) mass is 298 g/mol. The number of nitrogens with two attached hydrogens (primary N) is 1. The molecule has 2 rings (SSSR count). The second kappa shape index (κ2) is 8.12. The Balaban J connectivity index is 0.00000200. The average Bonchev–Trinajstić information content (AvgIpc) is 2.42. The van der Waals surface area contributed by atoms with E-state index >= 15 is 0 Å². The van der Waals surface area contributed by atoms with Crippen LogP contribution >= 0.6 is 12.4 Å². The molecule has 0 spiro atoms. The van der Waals surface area contributed by atoms with Gasteiger partial charge in [-0.1, -0.05) is 25.3 Å². The van der Waals surface area contributed by atoms with Crippen molar-refractivity contribution in [3.05, 3.63) is 23.8 Å². The van der Waals surface area contributed by atoms with Gasteiger partial charge in [0.05, 0.1) is 6.10 Å². The Hall–Kier alpha value is -1.26. The first-order valence-corrected chi connectivity index (χ1v) is 6.93. The van der Waals surface area contributed by atoms with E-state index in [0.717, 1.165) is 24.1 Å². The van der Waals surface area contributed by atoms with Gasteiger partial charge in [-0.2, -0.15) is 0 Å². The number of nitrogen functional groups attached to an aromatic ring is 1. The van der Waals surface area contributed by atoms with Crippen molar-refractivity contribution in [3.63, 3.8) is 0 Å². The standard InChI is InChI=1S/C15H22N2O2.ClH/c1-11-7-8-12(16)9-14(11)17-15(18)10-19-13-5-3-2-4-6-13;/h7-9,13H,2-6,10,16H2,1H3,(H,17,18);1H. The molecule has 0 unspecified atom stereocenters. The van der Waals surface area contributed by atoms with Crippen LogP contribution in [0.2, 0.25) is 0 Å². The smallest absolute Gasteiger partial charge is 0.250 e. The molecule has 1 fully saturated rings. The normalized spacial score (nSPS) is 15.4. The van der Waals surface area contributed by atoms with Crippen LogP contribution in [-0.2, 0) is 9.53 Å². The van der Waals surface area contributed by atoms with Gasteiger partial charge in [0, 0.05) is 11.4 Å². The lowest BCUT2D eigenvalue weighted by molar-refractivity contribution is -0.123. The van der Waals surface area contributed by atoms with E-state index in [1.807, 2.05) is 19.1 Å². The molecule has 0 atom stereocenters. The highest BCUT2D eigenvalue weighted by Gasteiger charge is 2.15. The number of nitrogens with one attached hydrogen (secondary N) is 1. The minimum absolute atomic E-state index is 0. The van der Waals surface area contributed by atoms with E-state index < -0.39 is 0 Å². The number of anilines is 2. The van der Waals surface area contributed by atoms with Crippen LogP contribution < -0.4 is 11.1 Å². The summed E-state index contributed by atoms with van der Waals surface area (Å²) in [7, 11) is 0. The number of carbonyl (C=O) groups is 1. The maximum atomic E-state index is 11.8. The highest BCUT2D eigenvalue weighted by molar-refractivity contribution is 5.92. The zero-order chi connectivity index (χ0) is 13.7. The molecule has 0 aliphatic heterocycles. The van der Waals surface area contributed by atoms with Crippen molar-refractivity contribution in [2.75, 3.05) is 17.7 Å². The number of aryl methyl sites for hydroxylation is 1. The van der Waals surface area contributed by atoms with Crippen molar-refractivity contribution in [1.29, 1.82) is 0 Å². The van der Waals surface area contributed by atoms with Gasteiger partial charge < -0.3 is 15.8 Å². The van der Waals surface area contributed by atoms with Crippen LogP contribution in [0.3, 0.4) is 0 Å². The van der Waals surface area contributed by atoms with Gasteiger partial charge in [0.2, 0.25) is 5.91 Å². The Bertz CT molecular complexity index is 445. The predicted octanol–water partition coefficient (Wildman–Crippen LogP) is 3.29. The highest BCUT2D eigenvalue weighted by atomic mass is 35.5. The summed E-state index contributed by atoms with van der Waals surface area (Å²) >= 11 is 0. The van der Waals surface area contributed by atoms with E-state index in [2.05, 4.69) is 5.32 Å². The van der Waals surface area contributed by atoms with E-state index in [0.29, 0.717) is 5.69 Å². The van der Waals surface area contributed by atoms with Crippen LogP contribution in [-0.4, -0.2) is 18.6 Å². The third kappa shape index (κ3) is 5.02. The molecule has 1 amide bonds. The van der Waals surface area contributed by atoms with Crippen molar-refractivity contribution >= 4 is 29.7 Å². The van der Waals surface area contributed by atoms with Crippen molar-refractivity contribution in [2.24, 2.45) is 0 Å². The summed E-state index contributed by atoms with van der Waals surface area (Å²) < 4.78 is 5.64. The van der Waals surface area contributed by atoms with Crippen LogP contribution in [0, 0.1) is 6.92 Å². The third-order valence-corrected chi connectivity index (χ3v) is 3.54. The molecule has 0 aromatic heterocycles. The minimum Gasteiger partial charge on any atom is -0.399 e. The molecule has 1 aromatic carbocycles. The first-order valence-electron chi connectivity index (χ1n) is 6.93. The molecule has 20 heavy (non-hydrogen) atoms. The predicted molar refractivity (Wildman–Crippen MR) is 84.3 cm³/mol. The van der Waals surface area contributed by atoms with Gasteiger partial charge >= 0.3 is 0 Å². The third-order valence-electron chi connectivity index (χ3n) is 3.54. The van der Waals surface area contributed by atoms with Gasteiger partial charge in [-0.15, -0.1) is 12.4 Å². The zero-order valence-electron chi connectivity index (χ0n) is 11.9. The topological polar surface area (TPSA) is 64.3 Å². The lowest BCUT2D eigenvalue weighted by atomic mass is 9.98. The SMILES string of the molecule is Cc1ccc(N)cc1NC(=O)COC1CCCCC1.Cl. The number of rotatable bonds is 4. The number of amides is 1. The first kappa shape index (κ1) is 16.8. The molecule has 0 saturated heterocycles. The summed E-state index contributed by atoms with van der Waals surface area (Å²) in [6.07, 6.45) is 6.10. The van der Waals surface area contributed by atoms with Crippen LogP contribution in [0.5, 0.6) is 0 Å². The molecule has 1 aliphatic rings. The maximum absolute atomic E-state index is 11.8. The molecule has 4 nitrogen and oxygen atoms in total. The van der Waals surface area contributed by atoms with Crippen molar-refractivity contribution in [1.82, 2.24) is 0 Å². The van der Waals surface area contributed by atoms with E-state index in [1.165, 1.54) is 19.3 Å². The Morgan fingerprint density at radius 3 is 2.75 bits per heavy atom. The number of carbonyl (C=O) groups excluding carboxylic acids is 1. The number of hydrogen-bond donors (Lipinski definition) is 2. The zero-order valence-corrected chi connectivity index (χ0v) is 12.7. The van der Waals surface area contributed by atoms with E-state index in [-0.39, 0.29) is 31.0 Å². The van der Waals surface area contributed by atoms with Crippen LogP contribution in [0.4, 0.5) is 11.4 Å². The number of halogens is 1. The minimum atomic E-state index is -0.112. The Labute approximate surface area is 126 Å². The molecular weight excluding hydrogens is 276 g/mol. The van der Waals surface area contributed by atoms with Gasteiger partial charge in [-0.25, -0.2) is 0 Å². The molecule has 0 bridgehead atoms. The summed E-state index contributed by atoms with van der Waals surface area (Å²) in [5.74, 6) is -0.112. The fourth-order valence-corrected chi connectivity index (χ4v) is 2.39. The Kier molecular flexibility index (Phi) is 6.82. The van der Waals surface area contributed by atoms with Crippen LogP contribution in [0.25, 0.3) is 0 Å². The Morgan fingerprint density at radius 2 is 2.05 bits per heavy atom. The molecule has 1 saturated carbocycles. The molecule has 0 heterocycles. The molecular formula is C15H23ClN2O2. The van der Waals surface area contributed by atoms with Crippen molar-refractivity contribution in [2.45, 2.75) is 45.1 Å². The quantitative estimate of drug-likeness (QED) is 0.838. The number of benzene rings is 1. The highest BCUT2D eigenvalue weighted by Crippen LogP contribution is 2.21. The summed E-state index contributed by atoms with van der Waals surface area (Å²) in [5.41, 5.74) is 8.12. The summed E-state index contributed by atoms with van der Waals surface area (Å²) in [6, 6.07) is 5.49. The van der Waals surface area contributed by atoms with Gasteiger partial charge in [0.15, 0.2) is 0 Å². The van der Waals surface area contributed by atoms with Crippen LogP contribution in [0.1, 0.15) is 37.7 Å². The molecule has 3 N–H and O–H groups in total. The number of ether oxygens (including phenoxy) is 1. The average molecular weight is 299 g/mol. The van der Waals surface area contributed by atoms with E-state index in [9.17, 15) is 4.79 Å². The largest absolute Gasteiger partial charge is 0.399 e. The lowest BCUT2D eigenvalue weighted by Crippen LogP contribution is -2.25. The molecule has 1 aliphatic carbocycles. The van der Waals surface area contributed by atoms with Gasteiger partial charge in [0.25, 0.3) is 0 Å². The fourth-order valence-electron chi connectivity index (χ4n) is 2.39. The van der Waals surface area contributed by atoms with E-state index in [4.69, 9.17) is 10.5 Å². The van der Waals surface area contributed by atoms with Gasteiger partial charge in [0.1, 0.15) is 6.61 Å². The molecule has 5 heteroatoms. The fraction of sp³-hybridized carbons (Fsp3) is 0.533. The van der Waals surface area contributed by atoms with Gasteiger partial charge in [-0.05, 0) is 37.5 Å². The summed E-state index contributed by atoms with van der Waals surface area (Å²) in [5, 5.41) is 2.85. The molecule has 1 aromatic rings. The molecule has 0 radical (unpaired) electrons. The first-order chi connectivity index (χ1) is 9.15. The van der Waals surface area contributed by atoms with E-state index in [1.54, 1.807) is 6.07 Å². The lowest BCUT2D eigenvalue weighted by Gasteiger charge is -2.21. The Morgan fingerprint density at radius 1 is 1.35 bits per heavy atom. The summed E-state index contributed by atoms with van der Waals surface area (Å²) in [4.78, 5) is 11.8. The number of hydrogen-bond acceptors (Lipinski definition) is 3. The molecule has 112 valence electrons. The maximum Gasteiger partial charge on any atom is 0.250 e. The second-order valence-corrected chi connectivity index (χ2v) is 5.19.